The van der Waals surface area contributed by atoms with E-state index in [1.807, 2.05) is 44.2 Å². The Morgan fingerprint density at radius 2 is 1.52 bits per heavy atom. The summed E-state index contributed by atoms with van der Waals surface area (Å²) >= 11 is 0. The van der Waals surface area contributed by atoms with Crippen LogP contribution >= 0.6 is 0 Å². The number of methoxy groups -OCH3 is 1. The highest BCUT2D eigenvalue weighted by Crippen LogP contribution is 2.29. The molecular weight excluding hydrogens is 528 g/mol. The lowest BCUT2D eigenvalue weighted by molar-refractivity contribution is 0.102. The van der Waals surface area contributed by atoms with Crippen molar-refractivity contribution in [1.82, 2.24) is 14.9 Å². The highest BCUT2D eigenvalue weighted by atomic mass is 16.5. The zero-order valence-electron chi connectivity index (χ0n) is 24.8. The molecule has 0 spiro atoms. The summed E-state index contributed by atoms with van der Waals surface area (Å²) in [5.74, 6) is 1.32. The number of nitrogens with zero attached hydrogens (tertiary/aromatic N) is 4. The van der Waals surface area contributed by atoms with Crippen molar-refractivity contribution < 1.29 is 14.3 Å². The number of amides is 1. The van der Waals surface area contributed by atoms with Crippen molar-refractivity contribution in [3.05, 3.63) is 89.6 Å². The highest BCUT2D eigenvalue weighted by Gasteiger charge is 2.20. The number of piperazine rings is 1. The van der Waals surface area contributed by atoms with Crippen LogP contribution < -0.4 is 25.0 Å². The van der Waals surface area contributed by atoms with Gasteiger partial charge in [-0.05, 0) is 87.4 Å². The Morgan fingerprint density at radius 1 is 0.881 bits per heavy atom. The van der Waals surface area contributed by atoms with E-state index in [2.05, 4.69) is 56.4 Å². The second-order valence-electron chi connectivity index (χ2n) is 10.7. The van der Waals surface area contributed by atoms with E-state index in [1.54, 1.807) is 31.4 Å². The van der Waals surface area contributed by atoms with Crippen LogP contribution in [0.3, 0.4) is 0 Å². The Balaban J connectivity index is 1.36. The molecule has 1 amide bonds. The van der Waals surface area contributed by atoms with Gasteiger partial charge in [-0.15, -0.1) is 0 Å². The van der Waals surface area contributed by atoms with Crippen LogP contribution in [0, 0.1) is 13.8 Å². The first-order valence-corrected chi connectivity index (χ1v) is 14.2. The number of carbonyl (C=O) groups is 1. The number of benzene rings is 3. The van der Waals surface area contributed by atoms with Crippen LogP contribution in [0.1, 0.15) is 35.3 Å². The first kappa shape index (κ1) is 28.9. The number of hydrogen-bond donors (Lipinski definition) is 2. The Kier molecular flexibility index (Phi) is 8.88. The van der Waals surface area contributed by atoms with E-state index in [0.29, 0.717) is 23.5 Å². The number of rotatable bonds is 9. The highest BCUT2D eigenvalue weighted by molar-refractivity contribution is 6.06. The smallest absolute Gasteiger partial charge is 0.262 e. The molecule has 0 atom stereocenters. The van der Waals surface area contributed by atoms with Crippen LogP contribution in [0.5, 0.6) is 17.4 Å². The molecule has 1 saturated heterocycles. The number of para-hydroxylation sites is 1. The van der Waals surface area contributed by atoms with Crippen LogP contribution in [-0.4, -0.2) is 60.1 Å². The molecule has 1 aliphatic heterocycles. The van der Waals surface area contributed by atoms with E-state index in [9.17, 15) is 4.79 Å². The minimum atomic E-state index is -0.357. The van der Waals surface area contributed by atoms with Crippen molar-refractivity contribution in [1.29, 1.82) is 0 Å². The summed E-state index contributed by atoms with van der Waals surface area (Å²) in [4.78, 5) is 27.4. The van der Waals surface area contributed by atoms with E-state index in [-0.39, 0.29) is 17.4 Å². The quantitative estimate of drug-likeness (QED) is 0.240. The monoisotopic (exact) mass is 566 g/mol. The second kappa shape index (κ2) is 12.9. The lowest BCUT2D eigenvalue weighted by atomic mass is 10.1. The summed E-state index contributed by atoms with van der Waals surface area (Å²) in [7, 11) is 1.60. The maximum atomic E-state index is 13.4. The molecule has 0 saturated carbocycles. The van der Waals surface area contributed by atoms with Gasteiger partial charge < -0.3 is 25.0 Å². The summed E-state index contributed by atoms with van der Waals surface area (Å²) in [6.45, 7) is 12.5. The van der Waals surface area contributed by atoms with Crippen molar-refractivity contribution in [3.63, 3.8) is 0 Å². The zero-order valence-corrected chi connectivity index (χ0v) is 24.8. The van der Waals surface area contributed by atoms with Gasteiger partial charge in [0.05, 0.1) is 7.11 Å². The molecular formula is C33H38N6O3. The number of hydrogen-bond acceptors (Lipinski definition) is 8. The molecule has 0 unspecified atom stereocenters. The van der Waals surface area contributed by atoms with E-state index in [1.165, 1.54) is 11.9 Å². The van der Waals surface area contributed by atoms with Crippen LogP contribution in [0.15, 0.2) is 72.9 Å². The topological polar surface area (TPSA) is 91.9 Å². The van der Waals surface area contributed by atoms with Gasteiger partial charge in [-0.25, -0.2) is 4.98 Å². The molecule has 0 radical (unpaired) electrons. The molecule has 3 aromatic carbocycles. The first-order valence-electron chi connectivity index (χ1n) is 14.2. The largest absolute Gasteiger partial charge is 0.497 e. The molecule has 9 heteroatoms. The summed E-state index contributed by atoms with van der Waals surface area (Å²) in [5.41, 5.74) is 4.92. The minimum absolute atomic E-state index is 0.140. The molecule has 218 valence electrons. The molecule has 0 bridgehead atoms. The summed E-state index contributed by atoms with van der Waals surface area (Å²) in [5, 5.41) is 6.26. The lowest BCUT2D eigenvalue weighted by Gasteiger charge is -2.38. The maximum absolute atomic E-state index is 13.4. The molecule has 5 rings (SSSR count). The van der Waals surface area contributed by atoms with Gasteiger partial charge in [-0.3, -0.25) is 9.69 Å². The normalized spacial score (nSPS) is 13.6. The van der Waals surface area contributed by atoms with Gasteiger partial charge in [0.15, 0.2) is 0 Å². The third kappa shape index (κ3) is 6.80. The summed E-state index contributed by atoms with van der Waals surface area (Å²) in [6, 6.07) is 21.8. The zero-order chi connectivity index (χ0) is 29.6. The van der Waals surface area contributed by atoms with Gasteiger partial charge >= 0.3 is 0 Å². The molecule has 9 nitrogen and oxygen atoms in total. The molecule has 1 aromatic heterocycles. The second-order valence-corrected chi connectivity index (χ2v) is 10.7. The Labute approximate surface area is 247 Å². The van der Waals surface area contributed by atoms with Gasteiger partial charge in [0.25, 0.3) is 5.91 Å². The third-order valence-electron chi connectivity index (χ3n) is 7.53. The molecule has 4 aromatic rings. The predicted octanol–water partition coefficient (Wildman–Crippen LogP) is 6.42. The van der Waals surface area contributed by atoms with E-state index >= 15 is 0 Å². The Bertz CT molecular complexity index is 1490. The summed E-state index contributed by atoms with van der Waals surface area (Å²) in [6.07, 6.45) is 1.49. The van der Waals surface area contributed by atoms with Gasteiger partial charge in [0.1, 0.15) is 17.1 Å². The lowest BCUT2D eigenvalue weighted by Crippen LogP contribution is -2.48. The van der Waals surface area contributed by atoms with Crippen molar-refractivity contribution in [2.45, 2.75) is 33.7 Å². The van der Waals surface area contributed by atoms with Crippen molar-refractivity contribution in [2.24, 2.45) is 0 Å². The van der Waals surface area contributed by atoms with E-state index < -0.39 is 0 Å². The standard InChI is InChI=1S/C33H38N6O3/c1-22(2)38-17-19-39(20-18-38)26-11-9-25(10-12-26)35-33-34-21-29(31(40)36-30-23(3)7-6-8-24(30)4)32(37-33)42-28-15-13-27(41-5)14-16-28/h6-16,21-22H,17-20H2,1-5H3,(H,36,40)(H,34,35,37). The van der Waals surface area contributed by atoms with Gasteiger partial charge in [-0.1, -0.05) is 18.2 Å². The van der Waals surface area contributed by atoms with Gasteiger partial charge in [0, 0.05) is 55.5 Å². The van der Waals surface area contributed by atoms with Crippen LogP contribution in [0.2, 0.25) is 0 Å². The predicted molar refractivity (Wildman–Crippen MR) is 168 cm³/mol. The number of anilines is 4. The number of carbonyl (C=O) groups excluding carboxylic acids is 1. The van der Waals surface area contributed by atoms with Gasteiger partial charge in [-0.2, -0.15) is 4.98 Å². The van der Waals surface area contributed by atoms with Crippen molar-refractivity contribution >= 4 is 28.9 Å². The van der Waals surface area contributed by atoms with Crippen LogP contribution in [0.4, 0.5) is 23.0 Å². The molecule has 2 N–H and O–H groups in total. The number of aromatic nitrogens is 2. The van der Waals surface area contributed by atoms with E-state index in [4.69, 9.17) is 9.47 Å². The van der Waals surface area contributed by atoms with E-state index in [0.717, 1.165) is 48.7 Å². The Hall–Kier alpha value is -4.63. The average Bonchev–Trinajstić information content (AvgIpc) is 3.00. The van der Waals surface area contributed by atoms with Crippen molar-refractivity contribution in [3.8, 4) is 17.4 Å². The first-order chi connectivity index (χ1) is 20.3. The fourth-order valence-corrected chi connectivity index (χ4v) is 4.99. The number of ether oxygens (including phenoxy) is 2. The van der Waals surface area contributed by atoms with Gasteiger partial charge in [0.2, 0.25) is 11.8 Å². The molecule has 1 aliphatic rings. The Morgan fingerprint density at radius 3 is 2.14 bits per heavy atom. The molecule has 42 heavy (non-hydrogen) atoms. The van der Waals surface area contributed by atoms with Crippen molar-refractivity contribution in [2.75, 3.05) is 48.8 Å². The molecule has 2 heterocycles. The summed E-state index contributed by atoms with van der Waals surface area (Å²) < 4.78 is 11.4. The van der Waals surface area contributed by atoms with Crippen LogP contribution in [0.25, 0.3) is 0 Å². The average molecular weight is 567 g/mol. The number of aryl methyl sites for hydroxylation is 2. The molecule has 0 aliphatic carbocycles. The maximum Gasteiger partial charge on any atom is 0.262 e. The molecule has 1 fully saturated rings. The SMILES string of the molecule is COc1ccc(Oc2nc(Nc3ccc(N4CCN(C(C)C)CC4)cc3)ncc2C(=O)Nc2c(C)cccc2C)cc1. The minimum Gasteiger partial charge on any atom is -0.497 e. The van der Waals surface area contributed by atoms with Crippen LogP contribution in [-0.2, 0) is 0 Å². The fraction of sp³-hybridized carbons (Fsp3) is 0.303. The third-order valence-corrected chi connectivity index (χ3v) is 7.53. The fourth-order valence-electron chi connectivity index (χ4n) is 4.99. The number of nitrogens with one attached hydrogen (secondary N) is 2.